The molecule has 0 bridgehead atoms. The Balaban J connectivity index is 2.18. The van der Waals surface area contributed by atoms with Crippen molar-refractivity contribution in [1.82, 2.24) is 10.2 Å². The van der Waals surface area contributed by atoms with Crippen molar-refractivity contribution < 1.29 is 10.2 Å². The van der Waals surface area contributed by atoms with Gasteiger partial charge in [-0.15, -0.1) is 0 Å². The average Bonchev–Trinajstić information content (AvgIpc) is 2.67. The van der Waals surface area contributed by atoms with E-state index in [0.717, 1.165) is 32.6 Å². The molecule has 4 heteroatoms. The largest absolute Gasteiger partial charge is 0.396 e. The van der Waals surface area contributed by atoms with Gasteiger partial charge in [0, 0.05) is 32.3 Å². The van der Waals surface area contributed by atoms with Gasteiger partial charge in [-0.2, -0.15) is 0 Å². The van der Waals surface area contributed by atoms with E-state index in [1.54, 1.807) is 0 Å². The first-order chi connectivity index (χ1) is 6.86. The second kappa shape index (κ2) is 7.17. The first kappa shape index (κ1) is 11.9. The zero-order valence-electron chi connectivity index (χ0n) is 8.78. The Morgan fingerprint density at radius 2 is 2.07 bits per heavy atom. The van der Waals surface area contributed by atoms with Gasteiger partial charge in [0.2, 0.25) is 0 Å². The predicted molar refractivity (Wildman–Crippen MR) is 56.3 cm³/mol. The van der Waals surface area contributed by atoms with Gasteiger partial charge >= 0.3 is 0 Å². The molecule has 0 saturated carbocycles. The van der Waals surface area contributed by atoms with Crippen molar-refractivity contribution >= 4 is 0 Å². The monoisotopic (exact) mass is 202 g/mol. The minimum Gasteiger partial charge on any atom is -0.396 e. The summed E-state index contributed by atoms with van der Waals surface area (Å²) < 4.78 is 0. The van der Waals surface area contributed by atoms with Crippen molar-refractivity contribution in [1.29, 1.82) is 0 Å². The fourth-order valence-electron chi connectivity index (χ4n) is 1.95. The highest BCUT2D eigenvalue weighted by molar-refractivity contribution is 4.77. The Bertz CT molecular complexity index is 138. The molecule has 0 aromatic heterocycles. The minimum atomic E-state index is 0.206. The van der Waals surface area contributed by atoms with Crippen molar-refractivity contribution in [2.24, 2.45) is 0 Å². The molecule has 3 N–H and O–H groups in total. The van der Waals surface area contributed by atoms with Crippen LogP contribution in [0.4, 0.5) is 0 Å². The third-order valence-corrected chi connectivity index (χ3v) is 2.69. The Morgan fingerprint density at radius 3 is 2.64 bits per heavy atom. The molecule has 4 nitrogen and oxygen atoms in total. The maximum absolute atomic E-state index is 8.89. The summed E-state index contributed by atoms with van der Waals surface area (Å²) in [6, 6.07) is 0.584. The molecule has 1 aliphatic rings. The summed E-state index contributed by atoms with van der Waals surface area (Å²) in [7, 11) is 0. The molecular weight excluding hydrogens is 180 g/mol. The highest BCUT2D eigenvalue weighted by Crippen LogP contribution is 2.06. The molecule has 0 aliphatic carbocycles. The zero-order chi connectivity index (χ0) is 10.2. The van der Waals surface area contributed by atoms with Crippen molar-refractivity contribution in [2.75, 3.05) is 39.4 Å². The molecule has 14 heavy (non-hydrogen) atoms. The van der Waals surface area contributed by atoms with Crippen LogP contribution >= 0.6 is 0 Å². The summed E-state index contributed by atoms with van der Waals surface area (Å²) in [6.07, 6.45) is 3.30. The van der Waals surface area contributed by atoms with E-state index in [2.05, 4.69) is 10.2 Å². The molecule has 0 aromatic carbocycles. The van der Waals surface area contributed by atoms with Crippen LogP contribution in [-0.4, -0.2) is 60.5 Å². The van der Waals surface area contributed by atoms with Crippen molar-refractivity contribution in [3.05, 3.63) is 0 Å². The number of rotatable bonds is 7. The Labute approximate surface area is 85.9 Å². The van der Waals surface area contributed by atoms with Crippen LogP contribution in [0.1, 0.15) is 19.3 Å². The fourth-order valence-corrected chi connectivity index (χ4v) is 1.95. The third kappa shape index (κ3) is 4.37. The van der Waals surface area contributed by atoms with Crippen LogP contribution in [0.15, 0.2) is 0 Å². The van der Waals surface area contributed by atoms with Gasteiger partial charge in [0.25, 0.3) is 0 Å². The molecule has 0 radical (unpaired) electrons. The van der Waals surface area contributed by atoms with Crippen LogP contribution in [-0.2, 0) is 0 Å². The van der Waals surface area contributed by atoms with Gasteiger partial charge in [0.05, 0.1) is 6.61 Å². The van der Waals surface area contributed by atoms with Crippen LogP contribution in [0.25, 0.3) is 0 Å². The van der Waals surface area contributed by atoms with Crippen molar-refractivity contribution in [3.63, 3.8) is 0 Å². The van der Waals surface area contributed by atoms with Crippen LogP contribution in [0, 0.1) is 0 Å². The number of hydrogen-bond donors (Lipinski definition) is 3. The first-order valence-electron chi connectivity index (χ1n) is 5.54. The normalized spacial score (nSPS) is 22.1. The molecule has 1 saturated heterocycles. The lowest BCUT2D eigenvalue weighted by molar-refractivity contribution is 0.170. The molecule has 0 aromatic rings. The van der Waals surface area contributed by atoms with E-state index in [0.29, 0.717) is 6.04 Å². The lowest BCUT2D eigenvalue weighted by Crippen LogP contribution is -2.39. The van der Waals surface area contributed by atoms with E-state index in [1.165, 1.54) is 12.8 Å². The minimum absolute atomic E-state index is 0.206. The van der Waals surface area contributed by atoms with Gasteiger partial charge < -0.3 is 15.5 Å². The van der Waals surface area contributed by atoms with Gasteiger partial charge in [-0.1, -0.05) is 0 Å². The molecule has 84 valence electrons. The van der Waals surface area contributed by atoms with Gasteiger partial charge in [-0.3, -0.25) is 4.90 Å². The number of hydrogen-bond acceptors (Lipinski definition) is 4. The fraction of sp³-hybridized carbons (Fsp3) is 1.00. The van der Waals surface area contributed by atoms with E-state index in [9.17, 15) is 0 Å². The topological polar surface area (TPSA) is 55.7 Å². The van der Waals surface area contributed by atoms with E-state index < -0.39 is 0 Å². The summed E-state index contributed by atoms with van der Waals surface area (Å²) >= 11 is 0. The van der Waals surface area contributed by atoms with E-state index in [-0.39, 0.29) is 13.2 Å². The van der Waals surface area contributed by atoms with Gasteiger partial charge in [0.1, 0.15) is 0 Å². The number of nitrogens with zero attached hydrogens (tertiary/aromatic N) is 1. The molecule has 1 aliphatic heterocycles. The summed E-state index contributed by atoms with van der Waals surface area (Å²) in [4.78, 5) is 2.22. The van der Waals surface area contributed by atoms with Crippen LogP contribution in [0.5, 0.6) is 0 Å². The number of aliphatic hydroxyl groups excluding tert-OH is 2. The smallest absolute Gasteiger partial charge is 0.0558 e. The molecule has 1 heterocycles. The SMILES string of the molecule is OCCCN(CCO)CC1CCCN1. The Morgan fingerprint density at radius 1 is 1.21 bits per heavy atom. The molecule has 0 spiro atoms. The summed E-state index contributed by atoms with van der Waals surface area (Å²) in [6.45, 7) is 4.17. The molecular formula is C10H22N2O2. The second-order valence-corrected chi connectivity index (χ2v) is 3.89. The summed E-state index contributed by atoms with van der Waals surface area (Å²) in [5.74, 6) is 0. The zero-order valence-corrected chi connectivity index (χ0v) is 8.78. The van der Waals surface area contributed by atoms with Gasteiger partial charge in [0.15, 0.2) is 0 Å². The van der Waals surface area contributed by atoms with E-state index in [4.69, 9.17) is 10.2 Å². The quantitative estimate of drug-likeness (QED) is 0.517. The van der Waals surface area contributed by atoms with Crippen LogP contribution < -0.4 is 5.32 Å². The van der Waals surface area contributed by atoms with E-state index >= 15 is 0 Å². The molecule has 1 unspecified atom stereocenters. The lowest BCUT2D eigenvalue weighted by Gasteiger charge is -2.24. The molecule has 1 fully saturated rings. The summed E-state index contributed by atoms with van der Waals surface area (Å²) in [5.41, 5.74) is 0. The number of nitrogens with one attached hydrogen (secondary N) is 1. The summed E-state index contributed by atoms with van der Waals surface area (Å²) in [5, 5.41) is 21.1. The molecule has 1 atom stereocenters. The third-order valence-electron chi connectivity index (χ3n) is 2.69. The van der Waals surface area contributed by atoms with Gasteiger partial charge in [-0.05, 0) is 25.8 Å². The van der Waals surface area contributed by atoms with Crippen molar-refractivity contribution in [3.8, 4) is 0 Å². The standard InChI is InChI=1S/C10H22N2O2/c13-7-2-5-12(6-8-14)9-10-3-1-4-11-10/h10-11,13-14H,1-9H2. The average molecular weight is 202 g/mol. The van der Waals surface area contributed by atoms with Gasteiger partial charge in [-0.25, -0.2) is 0 Å². The first-order valence-corrected chi connectivity index (χ1v) is 5.54. The molecule has 1 rings (SSSR count). The maximum Gasteiger partial charge on any atom is 0.0558 e. The Kier molecular flexibility index (Phi) is 6.10. The van der Waals surface area contributed by atoms with Crippen LogP contribution in [0.2, 0.25) is 0 Å². The predicted octanol–water partition coefficient (Wildman–Crippen LogP) is -0.585. The van der Waals surface area contributed by atoms with Crippen LogP contribution in [0.3, 0.4) is 0 Å². The highest BCUT2D eigenvalue weighted by atomic mass is 16.3. The maximum atomic E-state index is 8.89. The Hall–Kier alpha value is -0.160. The number of aliphatic hydroxyl groups is 2. The lowest BCUT2D eigenvalue weighted by atomic mass is 10.2. The second-order valence-electron chi connectivity index (χ2n) is 3.89. The molecule has 0 amide bonds. The highest BCUT2D eigenvalue weighted by Gasteiger charge is 2.16. The van der Waals surface area contributed by atoms with Crippen molar-refractivity contribution in [2.45, 2.75) is 25.3 Å². The van der Waals surface area contributed by atoms with E-state index in [1.807, 2.05) is 0 Å².